The second kappa shape index (κ2) is 5.59. The zero-order valence-electron chi connectivity index (χ0n) is 9.28. The van der Waals surface area contributed by atoms with Crippen molar-refractivity contribution in [3.05, 3.63) is 0 Å². The lowest BCUT2D eigenvalue weighted by Crippen LogP contribution is -2.47. The van der Waals surface area contributed by atoms with E-state index >= 15 is 0 Å². The SMILES string of the molecule is CCN(CC(=O)N(C)C)C(C)C(N)=O. The summed E-state index contributed by atoms with van der Waals surface area (Å²) in [5, 5.41) is 0. The van der Waals surface area contributed by atoms with Gasteiger partial charge in [-0.3, -0.25) is 14.5 Å². The molecule has 0 rings (SSSR count). The van der Waals surface area contributed by atoms with Crippen molar-refractivity contribution >= 4 is 11.8 Å². The van der Waals surface area contributed by atoms with Gasteiger partial charge in [0.05, 0.1) is 12.6 Å². The first-order chi connectivity index (χ1) is 6.40. The first-order valence-electron chi connectivity index (χ1n) is 4.63. The van der Waals surface area contributed by atoms with Crippen molar-refractivity contribution in [1.29, 1.82) is 0 Å². The van der Waals surface area contributed by atoms with Gasteiger partial charge < -0.3 is 10.6 Å². The molecule has 0 aliphatic rings. The summed E-state index contributed by atoms with van der Waals surface area (Å²) in [6, 6.07) is -0.399. The van der Waals surface area contributed by atoms with Gasteiger partial charge in [-0.05, 0) is 13.5 Å². The monoisotopic (exact) mass is 201 g/mol. The number of rotatable bonds is 5. The smallest absolute Gasteiger partial charge is 0.236 e. The van der Waals surface area contributed by atoms with E-state index in [1.54, 1.807) is 25.9 Å². The molecular formula is C9H19N3O2. The Kier molecular flexibility index (Phi) is 5.15. The van der Waals surface area contributed by atoms with E-state index in [-0.39, 0.29) is 12.5 Å². The van der Waals surface area contributed by atoms with Crippen LogP contribution in [-0.4, -0.2) is 54.8 Å². The average Bonchev–Trinajstić information content (AvgIpc) is 2.12. The molecule has 5 nitrogen and oxygen atoms in total. The van der Waals surface area contributed by atoms with Crippen molar-refractivity contribution in [3.8, 4) is 0 Å². The third-order valence-electron chi connectivity index (χ3n) is 2.20. The van der Waals surface area contributed by atoms with Crippen molar-refractivity contribution in [2.75, 3.05) is 27.2 Å². The Morgan fingerprint density at radius 1 is 1.36 bits per heavy atom. The van der Waals surface area contributed by atoms with Gasteiger partial charge in [0.2, 0.25) is 11.8 Å². The van der Waals surface area contributed by atoms with Crippen LogP contribution in [0.4, 0.5) is 0 Å². The van der Waals surface area contributed by atoms with Crippen LogP contribution in [0.25, 0.3) is 0 Å². The highest BCUT2D eigenvalue weighted by atomic mass is 16.2. The van der Waals surface area contributed by atoms with Gasteiger partial charge >= 0.3 is 0 Å². The van der Waals surface area contributed by atoms with Crippen molar-refractivity contribution in [2.45, 2.75) is 19.9 Å². The van der Waals surface area contributed by atoms with Crippen LogP contribution in [0.2, 0.25) is 0 Å². The van der Waals surface area contributed by atoms with E-state index in [9.17, 15) is 9.59 Å². The third kappa shape index (κ3) is 3.74. The molecule has 0 aromatic heterocycles. The molecule has 0 aliphatic heterocycles. The quantitative estimate of drug-likeness (QED) is 0.637. The Hall–Kier alpha value is -1.10. The number of hydrogen-bond donors (Lipinski definition) is 1. The summed E-state index contributed by atoms with van der Waals surface area (Å²) in [4.78, 5) is 25.5. The highest BCUT2D eigenvalue weighted by Crippen LogP contribution is 1.98. The molecule has 0 spiro atoms. The molecule has 1 unspecified atom stereocenters. The number of nitrogens with two attached hydrogens (primary N) is 1. The maximum absolute atomic E-state index is 11.4. The van der Waals surface area contributed by atoms with Crippen LogP contribution in [-0.2, 0) is 9.59 Å². The van der Waals surface area contributed by atoms with Gasteiger partial charge in [-0.1, -0.05) is 6.92 Å². The van der Waals surface area contributed by atoms with Gasteiger partial charge in [0.15, 0.2) is 0 Å². The van der Waals surface area contributed by atoms with E-state index in [4.69, 9.17) is 5.73 Å². The number of carbonyl (C=O) groups is 2. The molecule has 2 amide bonds. The fourth-order valence-corrected chi connectivity index (χ4v) is 1.02. The molecule has 0 saturated heterocycles. The molecule has 0 saturated carbocycles. The number of likely N-dealkylation sites (N-methyl/N-ethyl adjacent to an activating group) is 2. The predicted molar refractivity (Wildman–Crippen MR) is 54.6 cm³/mol. The van der Waals surface area contributed by atoms with Crippen molar-refractivity contribution in [2.24, 2.45) is 5.73 Å². The number of primary amides is 1. The highest BCUT2D eigenvalue weighted by Gasteiger charge is 2.20. The molecule has 14 heavy (non-hydrogen) atoms. The summed E-state index contributed by atoms with van der Waals surface area (Å²) in [5.41, 5.74) is 5.16. The summed E-state index contributed by atoms with van der Waals surface area (Å²) in [6.45, 7) is 4.45. The van der Waals surface area contributed by atoms with Gasteiger partial charge in [0.25, 0.3) is 0 Å². The largest absolute Gasteiger partial charge is 0.368 e. The van der Waals surface area contributed by atoms with E-state index in [1.165, 1.54) is 4.90 Å². The molecule has 0 bridgehead atoms. The topological polar surface area (TPSA) is 66.6 Å². The lowest BCUT2D eigenvalue weighted by atomic mass is 10.2. The molecule has 1 atom stereocenters. The molecule has 2 N–H and O–H groups in total. The van der Waals surface area contributed by atoms with Gasteiger partial charge in [-0.15, -0.1) is 0 Å². The summed E-state index contributed by atoms with van der Waals surface area (Å²) in [6.07, 6.45) is 0. The fraction of sp³-hybridized carbons (Fsp3) is 0.778. The Morgan fingerprint density at radius 2 is 1.86 bits per heavy atom. The van der Waals surface area contributed by atoms with Crippen LogP contribution >= 0.6 is 0 Å². The molecule has 82 valence electrons. The Balaban J connectivity index is 4.29. The zero-order valence-corrected chi connectivity index (χ0v) is 9.28. The number of amides is 2. The molecular weight excluding hydrogens is 182 g/mol. The third-order valence-corrected chi connectivity index (χ3v) is 2.20. The molecule has 5 heteroatoms. The van der Waals surface area contributed by atoms with Crippen molar-refractivity contribution in [1.82, 2.24) is 9.80 Å². The van der Waals surface area contributed by atoms with Crippen LogP contribution in [0.1, 0.15) is 13.8 Å². The second-order valence-electron chi connectivity index (χ2n) is 3.43. The molecule has 0 aromatic rings. The Labute approximate surface area is 84.8 Å². The van der Waals surface area contributed by atoms with Crippen molar-refractivity contribution < 1.29 is 9.59 Å². The minimum absolute atomic E-state index is 0.0278. The van der Waals surface area contributed by atoms with Crippen LogP contribution in [0, 0.1) is 0 Å². The van der Waals surface area contributed by atoms with Gasteiger partial charge in [0, 0.05) is 14.1 Å². The average molecular weight is 201 g/mol. The van der Waals surface area contributed by atoms with E-state index in [0.717, 1.165) is 0 Å². The van der Waals surface area contributed by atoms with Crippen LogP contribution in [0.15, 0.2) is 0 Å². The molecule has 0 aromatic carbocycles. The minimum atomic E-state index is -0.404. The zero-order chi connectivity index (χ0) is 11.3. The van der Waals surface area contributed by atoms with Crippen molar-refractivity contribution in [3.63, 3.8) is 0 Å². The maximum atomic E-state index is 11.4. The number of hydrogen-bond acceptors (Lipinski definition) is 3. The minimum Gasteiger partial charge on any atom is -0.368 e. The molecule has 0 aliphatic carbocycles. The summed E-state index contributed by atoms with van der Waals surface area (Å²) in [5.74, 6) is -0.432. The first-order valence-corrected chi connectivity index (χ1v) is 4.63. The fourth-order valence-electron chi connectivity index (χ4n) is 1.02. The van der Waals surface area contributed by atoms with Crippen LogP contribution < -0.4 is 5.73 Å². The Morgan fingerprint density at radius 3 is 2.14 bits per heavy atom. The lowest BCUT2D eigenvalue weighted by molar-refractivity contribution is -0.131. The van der Waals surface area contributed by atoms with E-state index < -0.39 is 11.9 Å². The summed E-state index contributed by atoms with van der Waals surface area (Å²) < 4.78 is 0. The molecule has 0 fully saturated rings. The lowest BCUT2D eigenvalue weighted by Gasteiger charge is -2.25. The van der Waals surface area contributed by atoms with E-state index in [0.29, 0.717) is 6.54 Å². The number of carbonyl (C=O) groups excluding carboxylic acids is 2. The summed E-state index contributed by atoms with van der Waals surface area (Å²) in [7, 11) is 3.37. The standard InChI is InChI=1S/C9H19N3O2/c1-5-12(7(2)9(10)14)6-8(13)11(3)4/h7H,5-6H2,1-4H3,(H2,10,14). The number of nitrogens with zero attached hydrogens (tertiary/aromatic N) is 2. The Bertz CT molecular complexity index is 216. The highest BCUT2D eigenvalue weighted by molar-refractivity contribution is 5.81. The maximum Gasteiger partial charge on any atom is 0.236 e. The summed E-state index contributed by atoms with van der Waals surface area (Å²) >= 11 is 0. The normalized spacial score (nSPS) is 12.6. The molecule has 0 radical (unpaired) electrons. The second-order valence-corrected chi connectivity index (χ2v) is 3.43. The molecule has 0 heterocycles. The van der Waals surface area contributed by atoms with E-state index in [1.807, 2.05) is 6.92 Å². The van der Waals surface area contributed by atoms with Gasteiger partial charge in [-0.25, -0.2) is 0 Å². The van der Waals surface area contributed by atoms with Gasteiger partial charge in [0.1, 0.15) is 0 Å². The van der Waals surface area contributed by atoms with E-state index in [2.05, 4.69) is 0 Å². The predicted octanol–water partition coefficient (Wildman–Crippen LogP) is -0.730. The van der Waals surface area contributed by atoms with Gasteiger partial charge in [-0.2, -0.15) is 0 Å². The van der Waals surface area contributed by atoms with Crippen LogP contribution in [0.5, 0.6) is 0 Å². The van der Waals surface area contributed by atoms with Crippen LogP contribution in [0.3, 0.4) is 0 Å². The first kappa shape index (κ1) is 12.9.